The lowest BCUT2D eigenvalue weighted by Crippen LogP contribution is -2.58. The molecular formula is C38H55N9O12. The van der Waals surface area contributed by atoms with Gasteiger partial charge in [0, 0.05) is 13.0 Å². The number of guanidine groups is 1. The molecule has 0 aliphatic carbocycles. The number of amides is 5. The summed E-state index contributed by atoms with van der Waals surface area (Å²) in [5.41, 5.74) is 7.50. The molecule has 0 saturated carbocycles. The molecule has 0 saturated heterocycles. The topological polar surface area (TPSA) is 315 Å². The van der Waals surface area contributed by atoms with Gasteiger partial charge in [-0.05, 0) is 62.8 Å². The quantitative estimate of drug-likeness (QED) is 0.0244. The highest BCUT2D eigenvalue weighted by molar-refractivity contribution is 5.94. The highest BCUT2D eigenvalue weighted by Crippen LogP contribution is 2.14. The van der Waals surface area contributed by atoms with Gasteiger partial charge in [-0.3, -0.25) is 19.2 Å². The first-order valence-electron chi connectivity index (χ1n) is 18.8. The Morgan fingerprint density at radius 3 is 2.12 bits per heavy atom. The molecule has 0 unspecified atom stereocenters. The van der Waals surface area contributed by atoms with Gasteiger partial charge in [-0.15, -0.1) is 0 Å². The molecule has 324 valence electrons. The first kappa shape index (κ1) is 48.6. The van der Waals surface area contributed by atoms with Crippen molar-refractivity contribution in [2.75, 3.05) is 19.7 Å². The summed E-state index contributed by atoms with van der Waals surface area (Å²) in [6, 6.07) is 9.62. The lowest BCUT2D eigenvalue weighted by atomic mass is 9.97. The first-order chi connectivity index (χ1) is 27.8. The van der Waals surface area contributed by atoms with Crippen LogP contribution in [0, 0.1) is 16.0 Å². The van der Waals surface area contributed by atoms with E-state index in [1.165, 1.54) is 12.1 Å². The Hall–Kier alpha value is -6.51. The van der Waals surface area contributed by atoms with Gasteiger partial charge < -0.3 is 52.0 Å². The predicted molar refractivity (Wildman–Crippen MR) is 213 cm³/mol. The van der Waals surface area contributed by atoms with Crippen molar-refractivity contribution in [3.05, 3.63) is 75.8 Å². The number of carbonyl (C=O) groups excluding carboxylic acids is 5. The third-order valence-electron chi connectivity index (χ3n) is 8.40. The van der Waals surface area contributed by atoms with Crippen LogP contribution in [-0.4, -0.2) is 106 Å². The number of aromatic hydroxyl groups is 1. The van der Waals surface area contributed by atoms with Gasteiger partial charge in [0.05, 0.1) is 19.8 Å². The molecule has 0 aliphatic heterocycles. The van der Waals surface area contributed by atoms with E-state index < -0.39 is 95.5 Å². The number of nitrogens with one attached hydrogen (secondary N) is 6. The van der Waals surface area contributed by atoms with Crippen molar-refractivity contribution >= 4 is 41.7 Å². The largest absolute Gasteiger partial charge is 0.508 e. The molecule has 0 fully saturated rings. The Kier molecular flexibility index (Phi) is 20.0. The molecule has 59 heavy (non-hydrogen) atoms. The van der Waals surface area contributed by atoms with Crippen molar-refractivity contribution in [1.82, 2.24) is 32.0 Å². The minimum Gasteiger partial charge on any atom is -0.508 e. The summed E-state index contributed by atoms with van der Waals surface area (Å²) in [6.07, 6.45) is -0.559. The SMILES string of the molecule is CC[C@H](C)[C@H](NC(=O)[C@H](Cc1ccc(O)cc1)NC(=O)OC(C)(C)C)C(=O)NCC(=O)N[C@@H](COCc1ccccc1)C(=O)N[C@@H](CCCN=C(N)N[N+](=O)[O-])C(=O)O. The molecule has 5 amide bonds. The van der Waals surface area contributed by atoms with Crippen molar-refractivity contribution < 1.29 is 53.5 Å². The summed E-state index contributed by atoms with van der Waals surface area (Å²) in [5, 5.41) is 41.5. The lowest BCUT2D eigenvalue weighted by molar-refractivity contribution is -0.525. The van der Waals surface area contributed by atoms with Crippen LogP contribution in [0.1, 0.15) is 65.0 Å². The van der Waals surface area contributed by atoms with Gasteiger partial charge in [0.15, 0.2) is 5.03 Å². The van der Waals surface area contributed by atoms with Crippen molar-refractivity contribution in [3.63, 3.8) is 0 Å². The van der Waals surface area contributed by atoms with Gasteiger partial charge in [-0.2, -0.15) is 0 Å². The zero-order chi connectivity index (χ0) is 44.1. The number of carboxylic acids is 1. The van der Waals surface area contributed by atoms with E-state index in [1.807, 2.05) is 0 Å². The first-order valence-corrected chi connectivity index (χ1v) is 18.8. The van der Waals surface area contributed by atoms with Crippen LogP contribution >= 0.6 is 0 Å². The van der Waals surface area contributed by atoms with E-state index >= 15 is 0 Å². The molecule has 2 aromatic carbocycles. The van der Waals surface area contributed by atoms with Crippen LogP contribution in [0.4, 0.5) is 4.79 Å². The third-order valence-corrected chi connectivity index (χ3v) is 8.40. The number of nitrogens with zero attached hydrogens (tertiary/aromatic N) is 2. The van der Waals surface area contributed by atoms with Crippen LogP contribution in [0.5, 0.6) is 5.75 Å². The molecule has 21 heteroatoms. The summed E-state index contributed by atoms with van der Waals surface area (Å²) >= 11 is 0. The van der Waals surface area contributed by atoms with Gasteiger partial charge in [0.25, 0.3) is 5.96 Å². The summed E-state index contributed by atoms with van der Waals surface area (Å²) in [6.45, 7) is 7.36. The Morgan fingerprint density at radius 2 is 1.53 bits per heavy atom. The van der Waals surface area contributed by atoms with Gasteiger partial charge >= 0.3 is 12.1 Å². The highest BCUT2D eigenvalue weighted by atomic mass is 16.7. The molecule has 5 atom stereocenters. The average molecular weight is 830 g/mol. The molecule has 0 spiro atoms. The van der Waals surface area contributed by atoms with Crippen molar-refractivity contribution in [2.24, 2.45) is 16.6 Å². The van der Waals surface area contributed by atoms with E-state index in [2.05, 4.69) is 31.6 Å². The number of hydrogen-bond donors (Lipinski definition) is 9. The van der Waals surface area contributed by atoms with E-state index in [9.17, 15) is 49.1 Å². The Balaban J connectivity index is 2.17. The van der Waals surface area contributed by atoms with Crippen LogP contribution in [-0.2, 0) is 46.5 Å². The second kappa shape index (κ2) is 24.3. The fourth-order valence-electron chi connectivity index (χ4n) is 5.21. The monoisotopic (exact) mass is 829 g/mol. The van der Waals surface area contributed by atoms with Crippen LogP contribution in [0.2, 0.25) is 0 Å². The number of nitro groups is 1. The molecule has 0 aromatic heterocycles. The maximum absolute atomic E-state index is 13.7. The van der Waals surface area contributed by atoms with Gasteiger partial charge in [0.1, 0.15) is 35.5 Å². The van der Waals surface area contributed by atoms with E-state index in [0.29, 0.717) is 12.0 Å². The van der Waals surface area contributed by atoms with Crippen molar-refractivity contribution in [3.8, 4) is 5.75 Å². The number of alkyl carbamates (subject to hydrolysis) is 1. The fraction of sp³-hybridized carbons (Fsp3) is 0.500. The van der Waals surface area contributed by atoms with Crippen LogP contribution < -0.4 is 37.7 Å². The average Bonchev–Trinajstić information content (AvgIpc) is 3.16. The minimum atomic E-state index is -1.45. The minimum absolute atomic E-state index is 0.000279. The zero-order valence-electron chi connectivity index (χ0n) is 33.7. The van der Waals surface area contributed by atoms with Gasteiger partial charge in [0.2, 0.25) is 23.6 Å². The van der Waals surface area contributed by atoms with E-state index in [-0.39, 0.29) is 38.2 Å². The number of phenolic OH excluding ortho intramolecular Hbond substituents is 1. The normalized spacial score (nSPS) is 13.9. The van der Waals surface area contributed by atoms with Crippen LogP contribution in [0.15, 0.2) is 59.6 Å². The number of phenols is 1. The number of nitrogens with two attached hydrogens (primary N) is 1. The highest BCUT2D eigenvalue weighted by Gasteiger charge is 2.32. The Morgan fingerprint density at radius 1 is 0.881 bits per heavy atom. The molecule has 10 N–H and O–H groups in total. The number of ether oxygens (including phenoxy) is 2. The predicted octanol–water partition coefficient (Wildman–Crippen LogP) is 0.622. The molecule has 0 radical (unpaired) electrons. The maximum Gasteiger partial charge on any atom is 0.408 e. The molecular weight excluding hydrogens is 774 g/mol. The maximum atomic E-state index is 13.7. The molecule has 2 aromatic rings. The smallest absolute Gasteiger partial charge is 0.408 e. The van der Waals surface area contributed by atoms with E-state index in [1.54, 1.807) is 82.5 Å². The van der Waals surface area contributed by atoms with Crippen LogP contribution in [0.25, 0.3) is 0 Å². The number of aliphatic carboxylic acids is 1. The number of carbonyl (C=O) groups is 6. The van der Waals surface area contributed by atoms with Gasteiger partial charge in [-0.1, -0.05) is 68.2 Å². The second-order valence-corrected chi connectivity index (χ2v) is 14.5. The number of carboxylic acid groups (broad SMARTS) is 1. The summed E-state index contributed by atoms with van der Waals surface area (Å²) in [5.74, 6) is -5.56. The number of aliphatic imine (C=N–C) groups is 1. The lowest BCUT2D eigenvalue weighted by Gasteiger charge is -2.27. The summed E-state index contributed by atoms with van der Waals surface area (Å²) < 4.78 is 11.0. The van der Waals surface area contributed by atoms with Crippen LogP contribution in [0.3, 0.4) is 0 Å². The molecule has 2 rings (SSSR count). The Bertz CT molecular complexity index is 1750. The number of benzene rings is 2. The molecule has 0 bridgehead atoms. The zero-order valence-corrected chi connectivity index (χ0v) is 33.7. The number of hydrazine groups is 1. The summed E-state index contributed by atoms with van der Waals surface area (Å²) in [4.78, 5) is 92.7. The molecule has 0 aliphatic rings. The number of hydrogen-bond acceptors (Lipinski definition) is 12. The standard InChI is InChI=1S/C38H55N9O12/c1-6-23(2)31(45-32(50)28(44-37(55)59-38(3,4)5)19-24-14-16-26(48)17-15-24)34(52)41-20-30(49)42-29(22-58-21-25-11-8-7-9-12-25)33(51)43-27(35(53)54)13-10-18-40-36(39)46-47(56)57/h7-9,11-12,14-17,23,27-29,31,48H,6,10,13,18-22H2,1-5H3,(H,41,52)(H,42,49)(H,43,51)(H,44,55)(H,45,50)(H,53,54)(H3,39,40,46)/t23-,27-,28-,29-,31-/m0/s1. The Labute approximate surface area is 341 Å². The molecule has 21 nitrogen and oxygen atoms in total. The van der Waals surface area contributed by atoms with Crippen molar-refractivity contribution in [2.45, 2.75) is 96.7 Å². The molecule has 0 heterocycles. The number of rotatable bonds is 23. The van der Waals surface area contributed by atoms with E-state index in [0.717, 1.165) is 5.56 Å². The summed E-state index contributed by atoms with van der Waals surface area (Å²) in [7, 11) is 0. The second-order valence-electron chi connectivity index (χ2n) is 14.5. The fourth-order valence-corrected chi connectivity index (χ4v) is 5.21. The third kappa shape index (κ3) is 19.5. The van der Waals surface area contributed by atoms with E-state index in [4.69, 9.17) is 15.2 Å². The van der Waals surface area contributed by atoms with Gasteiger partial charge in [-0.25, -0.2) is 24.7 Å². The van der Waals surface area contributed by atoms with Crippen molar-refractivity contribution in [1.29, 1.82) is 0 Å².